The van der Waals surface area contributed by atoms with Crippen molar-refractivity contribution in [3.05, 3.63) is 59.1 Å². The molecule has 2 aliphatic heterocycles. The Bertz CT molecular complexity index is 1360. The van der Waals surface area contributed by atoms with Crippen LogP contribution in [0.5, 0.6) is 5.75 Å². The molecule has 1 saturated heterocycles. The minimum absolute atomic E-state index is 0.0639. The van der Waals surface area contributed by atoms with E-state index in [-0.39, 0.29) is 24.1 Å². The largest absolute Gasteiger partial charge is 0.491 e. The van der Waals surface area contributed by atoms with Crippen LogP contribution in [0.15, 0.2) is 41.7 Å². The second-order valence-electron chi connectivity index (χ2n) is 8.90. The smallest absolute Gasteiger partial charge is 0.266 e. The van der Waals surface area contributed by atoms with Gasteiger partial charge in [-0.1, -0.05) is 18.2 Å². The summed E-state index contributed by atoms with van der Waals surface area (Å²) in [5, 5.41) is 0.748. The SMILES string of the molecule is CC(=O)N1CCN2c3cc4c(=NCc5cccc(C(F)F)c5F)ncn(C)c4cc3OCCC2C1. The number of nitrogens with zero attached hydrogens (tertiary/aromatic N) is 5. The number of aryl methyl sites for hydroxylation is 1. The van der Waals surface area contributed by atoms with Crippen molar-refractivity contribution in [2.45, 2.75) is 32.4 Å². The second-order valence-corrected chi connectivity index (χ2v) is 8.90. The quantitative estimate of drug-likeness (QED) is 0.569. The molecule has 2 aliphatic rings. The molecule has 2 aromatic carbocycles. The molecule has 0 spiro atoms. The molecule has 5 rings (SSSR count). The Hall–Kier alpha value is -3.56. The van der Waals surface area contributed by atoms with Crippen LogP contribution in [0, 0.1) is 5.82 Å². The summed E-state index contributed by atoms with van der Waals surface area (Å²) in [6, 6.07) is 7.99. The molecule has 1 fully saturated rings. The normalized spacial score (nSPS) is 18.3. The number of piperazine rings is 1. The molecule has 0 saturated carbocycles. The van der Waals surface area contributed by atoms with Gasteiger partial charge >= 0.3 is 0 Å². The molecule has 0 bridgehead atoms. The third-order valence-corrected chi connectivity index (χ3v) is 6.74. The summed E-state index contributed by atoms with van der Waals surface area (Å²) in [4.78, 5) is 25.0. The molecular formula is C25H26F3N5O2. The van der Waals surface area contributed by atoms with Crippen molar-refractivity contribution in [2.75, 3.05) is 31.1 Å². The first-order valence-corrected chi connectivity index (χ1v) is 11.5. The van der Waals surface area contributed by atoms with Gasteiger partial charge in [-0.2, -0.15) is 0 Å². The minimum atomic E-state index is -2.89. The number of ether oxygens (including phenoxy) is 1. The van der Waals surface area contributed by atoms with Gasteiger partial charge in [0.15, 0.2) is 5.49 Å². The maximum Gasteiger partial charge on any atom is 0.266 e. The van der Waals surface area contributed by atoms with Gasteiger partial charge in [0.05, 0.1) is 42.3 Å². The highest BCUT2D eigenvalue weighted by Gasteiger charge is 2.32. The van der Waals surface area contributed by atoms with Gasteiger partial charge in [0.2, 0.25) is 5.91 Å². The Morgan fingerprint density at radius 3 is 2.89 bits per heavy atom. The third-order valence-electron chi connectivity index (χ3n) is 6.74. The molecule has 0 N–H and O–H groups in total. The van der Waals surface area contributed by atoms with Crippen LogP contribution in [0.3, 0.4) is 0 Å². The summed E-state index contributed by atoms with van der Waals surface area (Å²) in [6.07, 6.45) is -0.489. The van der Waals surface area contributed by atoms with Gasteiger partial charge in [-0.05, 0) is 6.07 Å². The van der Waals surface area contributed by atoms with E-state index >= 15 is 0 Å². The first-order valence-electron chi connectivity index (χ1n) is 11.5. The summed E-state index contributed by atoms with van der Waals surface area (Å²) >= 11 is 0. The Kier molecular flexibility index (Phi) is 6.12. The van der Waals surface area contributed by atoms with Crippen LogP contribution >= 0.6 is 0 Å². The molecular weight excluding hydrogens is 459 g/mol. The average molecular weight is 486 g/mol. The average Bonchev–Trinajstić information content (AvgIpc) is 3.01. The van der Waals surface area contributed by atoms with Crippen molar-refractivity contribution in [1.82, 2.24) is 14.5 Å². The predicted octanol–water partition coefficient (Wildman–Crippen LogP) is 3.57. The minimum Gasteiger partial charge on any atom is -0.491 e. The molecule has 35 heavy (non-hydrogen) atoms. The number of anilines is 1. The van der Waals surface area contributed by atoms with E-state index in [0.29, 0.717) is 31.7 Å². The molecule has 1 unspecified atom stereocenters. The van der Waals surface area contributed by atoms with E-state index in [1.165, 1.54) is 12.1 Å². The first-order chi connectivity index (χ1) is 16.8. The van der Waals surface area contributed by atoms with Gasteiger partial charge < -0.3 is 19.1 Å². The number of aromatic nitrogens is 2. The number of benzene rings is 2. The number of halogens is 3. The number of fused-ring (bicyclic) bond motifs is 4. The molecule has 184 valence electrons. The van der Waals surface area contributed by atoms with Crippen LogP contribution in [0.25, 0.3) is 10.9 Å². The first kappa shape index (κ1) is 23.2. The second kappa shape index (κ2) is 9.24. The Morgan fingerprint density at radius 1 is 1.29 bits per heavy atom. The van der Waals surface area contributed by atoms with Gasteiger partial charge in [-0.3, -0.25) is 9.79 Å². The van der Waals surface area contributed by atoms with Gasteiger partial charge in [0, 0.05) is 57.0 Å². The lowest BCUT2D eigenvalue weighted by atomic mass is 10.1. The molecule has 3 aromatic rings. The molecule has 3 heterocycles. The molecule has 0 radical (unpaired) electrons. The molecule has 7 nitrogen and oxygen atoms in total. The number of hydrogen-bond acceptors (Lipinski definition) is 5. The van der Waals surface area contributed by atoms with E-state index in [9.17, 15) is 18.0 Å². The van der Waals surface area contributed by atoms with Crippen LogP contribution < -0.4 is 15.1 Å². The summed E-state index contributed by atoms with van der Waals surface area (Å²) < 4.78 is 48.7. The van der Waals surface area contributed by atoms with Crippen molar-refractivity contribution < 1.29 is 22.7 Å². The predicted molar refractivity (Wildman–Crippen MR) is 125 cm³/mol. The van der Waals surface area contributed by atoms with Crippen molar-refractivity contribution in [2.24, 2.45) is 12.0 Å². The Morgan fingerprint density at radius 2 is 2.11 bits per heavy atom. The van der Waals surface area contributed by atoms with Crippen molar-refractivity contribution in [1.29, 1.82) is 0 Å². The van der Waals surface area contributed by atoms with Gasteiger partial charge in [-0.25, -0.2) is 18.2 Å². The lowest BCUT2D eigenvalue weighted by molar-refractivity contribution is -0.129. The molecule has 1 amide bonds. The third kappa shape index (κ3) is 4.33. The van der Waals surface area contributed by atoms with E-state index in [2.05, 4.69) is 14.9 Å². The summed E-state index contributed by atoms with van der Waals surface area (Å²) in [6.45, 7) is 3.95. The summed E-state index contributed by atoms with van der Waals surface area (Å²) in [5.41, 5.74) is 1.59. The fourth-order valence-corrected chi connectivity index (χ4v) is 4.83. The zero-order valence-corrected chi connectivity index (χ0v) is 19.5. The van der Waals surface area contributed by atoms with Crippen LogP contribution in [-0.4, -0.2) is 52.6 Å². The molecule has 10 heteroatoms. The van der Waals surface area contributed by atoms with Gasteiger partial charge in [-0.15, -0.1) is 0 Å². The molecule has 1 aromatic heterocycles. The maximum atomic E-state index is 14.5. The van der Waals surface area contributed by atoms with Gasteiger partial charge in [0.25, 0.3) is 6.43 Å². The van der Waals surface area contributed by atoms with E-state index in [1.807, 2.05) is 28.6 Å². The van der Waals surface area contributed by atoms with E-state index in [0.717, 1.165) is 34.8 Å². The van der Waals surface area contributed by atoms with Crippen molar-refractivity contribution >= 4 is 22.5 Å². The van der Waals surface area contributed by atoms with E-state index in [4.69, 9.17) is 4.74 Å². The summed E-state index contributed by atoms with van der Waals surface area (Å²) in [5.74, 6) is -0.126. The number of carbonyl (C=O) groups is 1. The number of carbonyl (C=O) groups excluding carboxylic acids is 1. The van der Waals surface area contributed by atoms with E-state index < -0.39 is 17.8 Å². The Labute approximate surface area is 200 Å². The van der Waals surface area contributed by atoms with E-state index in [1.54, 1.807) is 13.3 Å². The van der Waals surface area contributed by atoms with Crippen molar-refractivity contribution in [3.8, 4) is 5.75 Å². The monoisotopic (exact) mass is 485 g/mol. The highest BCUT2D eigenvalue weighted by Crippen LogP contribution is 2.37. The fraction of sp³-hybridized carbons (Fsp3) is 0.400. The van der Waals surface area contributed by atoms with Gasteiger partial charge in [0.1, 0.15) is 11.6 Å². The van der Waals surface area contributed by atoms with Crippen LogP contribution in [0.4, 0.5) is 18.9 Å². The lowest BCUT2D eigenvalue weighted by Crippen LogP contribution is -2.54. The number of amides is 1. The zero-order valence-electron chi connectivity index (χ0n) is 19.5. The zero-order chi connectivity index (χ0) is 24.7. The highest BCUT2D eigenvalue weighted by molar-refractivity contribution is 5.86. The number of rotatable bonds is 3. The molecule has 0 aliphatic carbocycles. The lowest BCUT2D eigenvalue weighted by Gasteiger charge is -2.41. The van der Waals surface area contributed by atoms with Crippen LogP contribution in [0.2, 0.25) is 0 Å². The highest BCUT2D eigenvalue weighted by atomic mass is 19.3. The summed E-state index contributed by atoms with van der Waals surface area (Å²) in [7, 11) is 1.86. The van der Waals surface area contributed by atoms with Crippen LogP contribution in [-0.2, 0) is 18.4 Å². The van der Waals surface area contributed by atoms with Crippen LogP contribution in [0.1, 0.15) is 30.9 Å². The number of hydrogen-bond donors (Lipinski definition) is 0. The number of alkyl halides is 2. The maximum absolute atomic E-state index is 14.5. The Balaban J connectivity index is 1.57. The standard InChI is InChI=1S/C25H26F3N5O2/c1-15(34)32-7-8-33-17(13-32)6-9-35-22-11-20-19(10-21(22)33)25(30-14-31(20)2)29-12-16-4-3-5-18(23(16)26)24(27)28/h3-5,10-11,14,17,24H,6-9,12-13H2,1-2H3. The fourth-order valence-electron chi connectivity index (χ4n) is 4.83. The molecule has 1 atom stereocenters. The van der Waals surface area contributed by atoms with Crippen molar-refractivity contribution in [3.63, 3.8) is 0 Å². The topological polar surface area (TPSA) is 63.0 Å².